The molecule has 0 amide bonds. The monoisotopic (exact) mass is 220 g/mol. The van der Waals surface area contributed by atoms with Crippen molar-refractivity contribution >= 4 is 11.4 Å². The van der Waals surface area contributed by atoms with Crippen molar-refractivity contribution < 1.29 is 9.47 Å². The number of benzene rings is 1. The maximum atomic E-state index is 6.00. The van der Waals surface area contributed by atoms with Crippen molar-refractivity contribution in [1.82, 2.24) is 0 Å². The van der Waals surface area contributed by atoms with Gasteiger partial charge in [-0.1, -0.05) is 0 Å². The summed E-state index contributed by atoms with van der Waals surface area (Å²) in [6.07, 6.45) is 4.13. The van der Waals surface area contributed by atoms with Crippen LogP contribution in [0.2, 0.25) is 0 Å². The number of hydrogen-bond donors (Lipinski definition) is 2. The summed E-state index contributed by atoms with van der Waals surface area (Å²) in [6.45, 7) is 1.46. The molecule has 0 unspecified atom stereocenters. The van der Waals surface area contributed by atoms with E-state index in [1.54, 1.807) is 0 Å². The van der Waals surface area contributed by atoms with Gasteiger partial charge in [0.25, 0.3) is 0 Å². The maximum Gasteiger partial charge on any atom is 0.148 e. The van der Waals surface area contributed by atoms with E-state index in [0.717, 1.165) is 50.4 Å². The smallest absolute Gasteiger partial charge is 0.148 e. The molecule has 1 aromatic rings. The van der Waals surface area contributed by atoms with Gasteiger partial charge in [0.05, 0.1) is 13.2 Å². The van der Waals surface area contributed by atoms with E-state index >= 15 is 0 Å². The Morgan fingerprint density at radius 2 is 1.19 bits per heavy atom. The minimum absolute atomic E-state index is 0.551. The summed E-state index contributed by atoms with van der Waals surface area (Å²) in [5.74, 6) is 1.60. The second-order valence-electron chi connectivity index (χ2n) is 4.35. The molecule has 0 radical (unpaired) electrons. The number of anilines is 2. The molecular weight excluding hydrogens is 204 g/mol. The van der Waals surface area contributed by atoms with Crippen molar-refractivity contribution in [1.29, 1.82) is 0 Å². The standard InChI is InChI=1S/C12H16N2O2/c13-9-10(14)12-8(4-2-6-16-12)7-3-1-5-15-11(7)9/h1-6,13-14H2. The Labute approximate surface area is 94.5 Å². The lowest BCUT2D eigenvalue weighted by molar-refractivity contribution is 0.273. The third-order valence-corrected chi connectivity index (χ3v) is 3.33. The average Bonchev–Trinajstić information content (AvgIpc) is 2.36. The van der Waals surface area contributed by atoms with Crippen molar-refractivity contribution in [3.63, 3.8) is 0 Å². The quantitative estimate of drug-likeness (QED) is 0.513. The van der Waals surface area contributed by atoms with Gasteiger partial charge in [-0.25, -0.2) is 0 Å². The van der Waals surface area contributed by atoms with Gasteiger partial charge in [0.1, 0.15) is 22.9 Å². The topological polar surface area (TPSA) is 70.5 Å². The van der Waals surface area contributed by atoms with Gasteiger partial charge < -0.3 is 20.9 Å². The summed E-state index contributed by atoms with van der Waals surface area (Å²) in [5.41, 5.74) is 15.5. The summed E-state index contributed by atoms with van der Waals surface area (Å²) >= 11 is 0. The Morgan fingerprint density at radius 3 is 1.62 bits per heavy atom. The van der Waals surface area contributed by atoms with Crippen LogP contribution in [0.1, 0.15) is 24.0 Å². The minimum atomic E-state index is 0.551. The van der Waals surface area contributed by atoms with Crippen molar-refractivity contribution in [3.8, 4) is 11.5 Å². The van der Waals surface area contributed by atoms with Crippen molar-refractivity contribution in [2.75, 3.05) is 24.7 Å². The molecule has 1 aromatic carbocycles. The van der Waals surface area contributed by atoms with Gasteiger partial charge in [-0.2, -0.15) is 0 Å². The van der Waals surface area contributed by atoms with Crippen LogP contribution in [0.4, 0.5) is 11.4 Å². The van der Waals surface area contributed by atoms with Gasteiger partial charge in [-0.05, 0) is 25.7 Å². The summed E-state index contributed by atoms with van der Waals surface area (Å²) in [7, 11) is 0. The van der Waals surface area contributed by atoms with Crippen LogP contribution in [0.25, 0.3) is 0 Å². The third kappa shape index (κ3) is 1.22. The Morgan fingerprint density at radius 1 is 0.750 bits per heavy atom. The van der Waals surface area contributed by atoms with Crippen LogP contribution in [0.15, 0.2) is 0 Å². The van der Waals surface area contributed by atoms with Crippen molar-refractivity contribution in [2.45, 2.75) is 25.7 Å². The van der Waals surface area contributed by atoms with Gasteiger partial charge in [-0.15, -0.1) is 0 Å². The fourth-order valence-corrected chi connectivity index (χ4v) is 2.55. The van der Waals surface area contributed by atoms with Gasteiger partial charge in [-0.3, -0.25) is 0 Å². The highest BCUT2D eigenvalue weighted by molar-refractivity contribution is 5.82. The molecule has 0 aliphatic carbocycles. The number of rotatable bonds is 0. The third-order valence-electron chi connectivity index (χ3n) is 3.33. The van der Waals surface area contributed by atoms with E-state index in [-0.39, 0.29) is 0 Å². The molecule has 16 heavy (non-hydrogen) atoms. The van der Waals surface area contributed by atoms with E-state index in [0.29, 0.717) is 11.4 Å². The zero-order valence-electron chi connectivity index (χ0n) is 9.21. The van der Waals surface area contributed by atoms with E-state index in [1.165, 1.54) is 11.1 Å². The summed E-state index contributed by atoms with van der Waals surface area (Å²) in [4.78, 5) is 0. The second-order valence-corrected chi connectivity index (χ2v) is 4.35. The predicted molar refractivity (Wildman–Crippen MR) is 62.9 cm³/mol. The van der Waals surface area contributed by atoms with Crippen molar-refractivity contribution in [2.24, 2.45) is 0 Å². The van der Waals surface area contributed by atoms with Crippen molar-refractivity contribution in [3.05, 3.63) is 11.1 Å². The normalized spacial score (nSPS) is 18.0. The van der Waals surface area contributed by atoms with Crippen LogP contribution >= 0.6 is 0 Å². The lowest BCUT2D eigenvalue weighted by atomic mass is 9.92. The highest BCUT2D eigenvalue weighted by Crippen LogP contribution is 2.46. The Kier molecular flexibility index (Phi) is 2.09. The van der Waals surface area contributed by atoms with E-state index in [9.17, 15) is 0 Å². The predicted octanol–water partition coefficient (Wildman–Crippen LogP) is 1.50. The molecule has 4 nitrogen and oxygen atoms in total. The largest absolute Gasteiger partial charge is 0.491 e. The van der Waals surface area contributed by atoms with E-state index in [4.69, 9.17) is 20.9 Å². The summed E-state index contributed by atoms with van der Waals surface area (Å²) in [5, 5.41) is 0. The highest BCUT2D eigenvalue weighted by atomic mass is 16.5. The average molecular weight is 220 g/mol. The van der Waals surface area contributed by atoms with Gasteiger partial charge in [0.15, 0.2) is 0 Å². The number of ether oxygens (including phenoxy) is 2. The first-order chi connectivity index (χ1) is 7.79. The first-order valence-corrected chi connectivity index (χ1v) is 5.77. The number of fused-ring (bicyclic) bond motifs is 3. The number of hydrogen-bond acceptors (Lipinski definition) is 4. The molecule has 0 saturated carbocycles. The fourth-order valence-electron chi connectivity index (χ4n) is 2.55. The Balaban J connectivity index is 2.25. The Bertz CT molecular complexity index is 402. The molecule has 2 aliphatic heterocycles. The lowest BCUT2D eigenvalue weighted by Gasteiger charge is -2.28. The van der Waals surface area contributed by atoms with Crippen LogP contribution in [-0.4, -0.2) is 13.2 Å². The molecule has 2 heterocycles. The molecule has 0 saturated heterocycles. The van der Waals surface area contributed by atoms with Crippen LogP contribution in [-0.2, 0) is 12.8 Å². The van der Waals surface area contributed by atoms with E-state index < -0.39 is 0 Å². The molecule has 0 spiro atoms. The molecule has 0 aromatic heterocycles. The molecule has 0 bridgehead atoms. The number of nitrogen functional groups attached to an aromatic ring is 2. The SMILES string of the molecule is Nc1c(N)c2c(c3c1OCCC3)CCCO2. The van der Waals surface area contributed by atoms with Crippen LogP contribution in [0.3, 0.4) is 0 Å². The van der Waals surface area contributed by atoms with Gasteiger partial charge in [0, 0.05) is 11.1 Å². The molecule has 0 fully saturated rings. The number of nitrogens with two attached hydrogens (primary N) is 2. The maximum absolute atomic E-state index is 6.00. The molecule has 4 N–H and O–H groups in total. The minimum Gasteiger partial charge on any atom is -0.491 e. The van der Waals surface area contributed by atoms with E-state index in [2.05, 4.69) is 0 Å². The zero-order chi connectivity index (χ0) is 11.1. The second kappa shape index (κ2) is 3.47. The van der Waals surface area contributed by atoms with E-state index in [1.807, 2.05) is 0 Å². The molecule has 86 valence electrons. The van der Waals surface area contributed by atoms with Crippen LogP contribution < -0.4 is 20.9 Å². The molecular formula is C12H16N2O2. The molecule has 2 aliphatic rings. The molecule has 4 heteroatoms. The molecule has 3 rings (SSSR count). The summed E-state index contributed by atoms with van der Waals surface area (Å²) < 4.78 is 11.3. The first kappa shape index (κ1) is 9.63. The Hall–Kier alpha value is -1.58. The van der Waals surface area contributed by atoms with Crippen LogP contribution in [0.5, 0.6) is 11.5 Å². The lowest BCUT2D eigenvalue weighted by Crippen LogP contribution is -2.19. The van der Waals surface area contributed by atoms with Crippen LogP contribution in [0, 0.1) is 0 Å². The zero-order valence-corrected chi connectivity index (χ0v) is 9.21. The fraction of sp³-hybridized carbons (Fsp3) is 0.500. The molecule has 0 atom stereocenters. The first-order valence-electron chi connectivity index (χ1n) is 5.77. The van der Waals surface area contributed by atoms with Gasteiger partial charge >= 0.3 is 0 Å². The highest BCUT2D eigenvalue weighted by Gasteiger charge is 2.26. The van der Waals surface area contributed by atoms with Gasteiger partial charge in [0.2, 0.25) is 0 Å². The summed E-state index contributed by atoms with van der Waals surface area (Å²) in [6, 6.07) is 0.